The van der Waals surface area contributed by atoms with E-state index in [-0.39, 0.29) is 17.4 Å². The summed E-state index contributed by atoms with van der Waals surface area (Å²) in [6, 6.07) is 9.42. The van der Waals surface area contributed by atoms with Gasteiger partial charge in [-0.2, -0.15) is 5.10 Å². The fourth-order valence-corrected chi connectivity index (χ4v) is 3.09. The lowest BCUT2D eigenvalue weighted by Gasteiger charge is -2.27. The minimum atomic E-state index is -0.617. The zero-order valence-electron chi connectivity index (χ0n) is 13.7. The summed E-state index contributed by atoms with van der Waals surface area (Å²) < 4.78 is 5.39. The van der Waals surface area contributed by atoms with E-state index in [9.17, 15) is 14.9 Å². The molecule has 25 heavy (non-hydrogen) atoms. The van der Waals surface area contributed by atoms with Gasteiger partial charge in [-0.3, -0.25) is 20.0 Å². The van der Waals surface area contributed by atoms with E-state index in [4.69, 9.17) is 4.74 Å². The molecular formula is C17H20N4O4. The summed E-state index contributed by atoms with van der Waals surface area (Å²) in [5.74, 6) is -0.0823. The highest BCUT2D eigenvalue weighted by Crippen LogP contribution is 2.28. The lowest BCUT2D eigenvalue weighted by Crippen LogP contribution is -2.32. The number of carbonyl (C=O) groups is 1. The van der Waals surface area contributed by atoms with Gasteiger partial charge in [-0.25, -0.2) is 0 Å². The van der Waals surface area contributed by atoms with Crippen LogP contribution in [0, 0.1) is 16.0 Å². The van der Waals surface area contributed by atoms with Gasteiger partial charge in [0.15, 0.2) is 0 Å². The van der Waals surface area contributed by atoms with E-state index in [0.29, 0.717) is 5.92 Å². The Hall–Kier alpha value is -2.74. The van der Waals surface area contributed by atoms with Crippen LogP contribution in [0.2, 0.25) is 0 Å². The number of carbonyl (C=O) groups excluding carboxylic acids is 1. The van der Waals surface area contributed by atoms with Crippen LogP contribution >= 0.6 is 0 Å². The lowest BCUT2D eigenvalue weighted by molar-refractivity contribution is -0.385. The number of ether oxygens (including phenoxy) is 1. The predicted octanol–water partition coefficient (Wildman–Crippen LogP) is 2.61. The second kappa shape index (κ2) is 7.89. The summed E-state index contributed by atoms with van der Waals surface area (Å²) in [5.41, 5.74) is 0.526. The van der Waals surface area contributed by atoms with Crippen LogP contribution in [-0.2, 0) is 4.74 Å². The van der Waals surface area contributed by atoms with Crippen LogP contribution in [0.15, 0.2) is 36.5 Å². The monoisotopic (exact) mass is 344 g/mol. The Bertz CT molecular complexity index is 725. The summed E-state index contributed by atoms with van der Waals surface area (Å²) in [7, 11) is 0. The minimum absolute atomic E-state index is 0.127. The largest absolute Gasteiger partial charge is 0.381 e. The lowest BCUT2D eigenvalue weighted by atomic mass is 9.89. The van der Waals surface area contributed by atoms with Crippen molar-refractivity contribution in [1.29, 1.82) is 0 Å². The molecule has 2 heterocycles. The van der Waals surface area contributed by atoms with Crippen LogP contribution in [0.5, 0.6) is 0 Å². The number of nitrogens with one attached hydrogen (secondary N) is 2. The third kappa shape index (κ3) is 4.21. The van der Waals surface area contributed by atoms with Gasteiger partial charge in [0.25, 0.3) is 5.91 Å². The molecule has 1 saturated heterocycles. The Morgan fingerprint density at radius 2 is 2.08 bits per heavy atom. The van der Waals surface area contributed by atoms with Crippen LogP contribution in [0.1, 0.15) is 41.4 Å². The van der Waals surface area contributed by atoms with E-state index in [0.717, 1.165) is 44.2 Å². The number of hydrogen-bond donors (Lipinski definition) is 2. The van der Waals surface area contributed by atoms with Crippen LogP contribution in [-0.4, -0.2) is 34.2 Å². The molecule has 1 fully saturated rings. The molecule has 8 nitrogen and oxygen atoms in total. The van der Waals surface area contributed by atoms with Crippen LogP contribution in [0.3, 0.4) is 0 Å². The summed E-state index contributed by atoms with van der Waals surface area (Å²) in [6.45, 7) is 1.46. The van der Waals surface area contributed by atoms with Gasteiger partial charge in [-0.15, -0.1) is 0 Å². The van der Waals surface area contributed by atoms with Gasteiger partial charge >= 0.3 is 5.69 Å². The molecule has 1 aromatic carbocycles. The molecule has 2 N–H and O–H groups in total. The number of benzene rings is 1. The van der Waals surface area contributed by atoms with Gasteiger partial charge in [0.05, 0.1) is 11.0 Å². The molecule has 0 aliphatic carbocycles. The van der Waals surface area contributed by atoms with E-state index in [2.05, 4.69) is 15.5 Å². The summed E-state index contributed by atoms with van der Waals surface area (Å²) in [6.07, 6.45) is 3.71. The van der Waals surface area contributed by atoms with Gasteiger partial charge in [0, 0.05) is 13.2 Å². The molecule has 0 unspecified atom stereocenters. The molecule has 0 spiro atoms. The number of amides is 1. The molecule has 1 aliphatic rings. The van der Waals surface area contributed by atoms with Crippen molar-refractivity contribution in [3.63, 3.8) is 0 Å². The normalized spacial score (nSPS) is 16.3. The molecule has 2 aromatic rings. The number of nitro groups is 1. The summed E-state index contributed by atoms with van der Waals surface area (Å²) in [5, 5.41) is 20.0. The highest BCUT2D eigenvalue weighted by atomic mass is 16.6. The maximum absolute atomic E-state index is 12.5. The van der Waals surface area contributed by atoms with Crippen LogP contribution in [0.25, 0.3) is 0 Å². The SMILES string of the molecule is O=C(N[C@@H](CC1CCOCC1)c1ccccc1)c1[nH]ncc1[N+](=O)[O-]. The highest BCUT2D eigenvalue weighted by Gasteiger charge is 2.27. The Morgan fingerprint density at radius 1 is 1.36 bits per heavy atom. The fraction of sp³-hybridized carbons (Fsp3) is 0.412. The molecular weight excluding hydrogens is 324 g/mol. The first-order valence-electron chi connectivity index (χ1n) is 8.26. The van der Waals surface area contributed by atoms with Crippen molar-refractivity contribution in [2.75, 3.05) is 13.2 Å². The Morgan fingerprint density at radius 3 is 2.76 bits per heavy atom. The van der Waals surface area contributed by atoms with E-state index in [1.807, 2.05) is 30.3 Å². The Balaban J connectivity index is 1.78. The molecule has 0 saturated carbocycles. The third-order valence-electron chi connectivity index (χ3n) is 4.46. The van der Waals surface area contributed by atoms with Crippen LogP contribution < -0.4 is 5.32 Å². The number of rotatable bonds is 6. The molecule has 132 valence electrons. The fourth-order valence-electron chi connectivity index (χ4n) is 3.09. The van der Waals surface area contributed by atoms with Crippen molar-refractivity contribution in [1.82, 2.24) is 15.5 Å². The standard InChI is InChI=1S/C17H20N4O4/c22-17(16-15(21(23)24)11-18-20-16)19-14(13-4-2-1-3-5-13)10-12-6-8-25-9-7-12/h1-5,11-12,14H,6-10H2,(H,18,20)(H,19,22)/t14-/m0/s1. The maximum atomic E-state index is 12.5. The van der Waals surface area contributed by atoms with Gasteiger partial charge in [0.2, 0.25) is 5.69 Å². The van der Waals surface area contributed by atoms with Crippen molar-refractivity contribution >= 4 is 11.6 Å². The zero-order valence-corrected chi connectivity index (χ0v) is 13.7. The molecule has 1 atom stereocenters. The quantitative estimate of drug-likeness (QED) is 0.618. The Kier molecular flexibility index (Phi) is 5.39. The van der Waals surface area contributed by atoms with Crippen molar-refractivity contribution in [3.8, 4) is 0 Å². The smallest absolute Gasteiger partial charge is 0.319 e. The topological polar surface area (TPSA) is 110 Å². The molecule has 0 bridgehead atoms. The zero-order chi connectivity index (χ0) is 17.6. The maximum Gasteiger partial charge on any atom is 0.319 e. The van der Waals surface area contributed by atoms with Crippen molar-refractivity contribution in [2.45, 2.75) is 25.3 Å². The second-order valence-electron chi connectivity index (χ2n) is 6.12. The number of hydrogen-bond acceptors (Lipinski definition) is 5. The van der Waals surface area contributed by atoms with Gasteiger partial charge < -0.3 is 10.1 Å². The molecule has 1 amide bonds. The second-order valence-corrected chi connectivity index (χ2v) is 6.12. The molecule has 8 heteroatoms. The van der Waals surface area contributed by atoms with E-state index in [1.54, 1.807) is 0 Å². The third-order valence-corrected chi connectivity index (χ3v) is 4.46. The average molecular weight is 344 g/mol. The number of aromatic nitrogens is 2. The predicted molar refractivity (Wildman–Crippen MR) is 90.1 cm³/mol. The van der Waals surface area contributed by atoms with Crippen molar-refractivity contribution < 1.29 is 14.5 Å². The first-order chi connectivity index (χ1) is 12.1. The van der Waals surface area contributed by atoms with Crippen molar-refractivity contribution in [2.24, 2.45) is 5.92 Å². The van der Waals surface area contributed by atoms with Gasteiger partial charge in [-0.1, -0.05) is 30.3 Å². The number of nitrogens with zero attached hydrogens (tertiary/aromatic N) is 2. The van der Waals surface area contributed by atoms with E-state index in [1.165, 1.54) is 0 Å². The summed E-state index contributed by atoms with van der Waals surface area (Å²) >= 11 is 0. The van der Waals surface area contributed by atoms with Crippen LogP contribution in [0.4, 0.5) is 5.69 Å². The molecule has 1 aromatic heterocycles. The van der Waals surface area contributed by atoms with E-state index >= 15 is 0 Å². The minimum Gasteiger partial charge on any atom is -0.381 e. The van der Waals surface area contributed by atoms with Crippen molar-refractivity contribution in [3.05, 3.63) is 57.9 Å². The number of aromatic amines is 1. The molecule has 0 radical (unpaired) electrons. The Labute approximate surface area is 144 Å². The summed E-state index contributed by atoms with van der Waals surface area (Å²) in [4.78, 5) is 22.9. The number of H-pyrrole nitrogens is 1. The first kappa shape index (κ1) is 17.1. The molecule has 3 rings (SSSR count). The van der Waals surface area contributed by atoms with E-state index < -0.39 is 10.8 Å². The van der Waals surface area contributed by atoms with Gasteiger partial charge in [-0.05, 0) is 30.7 Å². The van der Waals surface area contributed by atoms with Gasteiger partial charge in [0.1, 0.15) is 6.20 Å². The highest BCUT2D eigenvalue weighted by molar-refractivity contribution is 5.96. The average Bonchev–Trinajstić information content (AvgIpc) is 3.13. The molecule has 1 aliphatic heterocycles. The first-order valence-corrected chi connectivity index (χ1v) is 8.26.